The quantitative estimate of drug-likeness (QED) is 0.884. The fraction of sp³-hybridized carbons (Fsp3) is 0.571. The Labute approximate surface area is 112 Å². The minimum atomic E-state index is -0.936. The summed E-state index contributed by atoms with van der Waals surface area (Å²) >= 11 is 0. The van der Waals surface area contributed by atoms with E-state index in [2.05, 4.69) is 0 Å². The lowest BCUT2D eigenvalue weighted by Crippen LogP contribution is -2.39. The summed E-state index contributed by atoms with van der Waals surface area (Å²) in [6.07, 6.45) is 6.09. The minimum Gasteiger partial charge on any atom is -0.480 e. The van der Waals surface area contributed by atoms with Crippen molar-refractivity contribution in [2.45, 2.75) is 45.2 Å². The average Bonchev–Trinajstić information content (AvgIpc) is 3.00. The number of aromatic nitrogens is 1. The normalized spacial score (nSPS) is 15.6. The summed E-state index contributed by atoms with van der Waals surface area (Å²) in [5.74, 6) is -0.991. The highest BCUT2D eigenvalue weighted by Gasteiger charge is 2.27. The van der Waals surface area contributed by atoms with Crippen molar-refractivity contribution in [1.82, 2.24) is 9.47 Å². The molecular formula is C14H20N2O3. The summed E-state index contributed by atoms with van der Waals surface area (Å²) in [6, 6.07) is 3.73. The molecule has 1 saturated carbocycles. The third kappa shape index (κ3) is 2.97. The van der Waals surface area contributed by atoms with E-state index in [4.69, 9.17) is 5.11 Å². The van der Waals surface area contributed by atoms with Crippen LogP contribution in [0.25, 0.3) is 0 Å². The van der Waals surface area contributed by atoms with Crippen LogP contribution < -0.4 is 0 Å². The Balaban J connectivity index is 2.17. The number of aliphatic carboxylic acids is 1. The van der Waals surface area contributed by atoms with Crippen molar-refractivity contribution in [2.24, 2.45) is 0 Å². The average molecular weight is 264 g/mol. The highest BCUT2D eigenvalue weighted by molar-refractivity contribution is 5.93. The van der Waals surface area contributed by atoms with Gasteiger partial charge in [-0.3, -0.25) is 9.59 Å². The number of hydrogen-bond acceptors (Lipinski definition) is 2. The van der Waals surface area contributed by atoms with E-state index in [1.807, 2.05) is 11.8 Å². The van der Waals surface area contributed by atoms with Crippen molar-refractivity contribution < 1.29 is 14.7 Å². The molecule has 2 rings (SSSR count). The molecule has 0 bridgehead atoms. The highest BCUT2D eigenvalue weighted by atomic mass is 16.4. The molecule has 0 saturated heterocycles. The second kappa shape index (κ2) is 5.91. The van der Waals surface area contributed by atoms with Crippen LogP contribution in [0.1, 0.15) is 43.1 Å². The van der Waals surface area contributed by atoms with Crippen molar-refractivity contribution in [2.75, 3.05) is 6.54 Å². The summed E-state index contributed by atoms with van der Waals surface area (Å²) in [4.78, 5) is 25.2. The van der Waals surface area contributed by atoms with Crippen LogP contribution >= 0.6 is 0 Å². The molecule has 19 heavy (non-hydrogen) atoms. The van der Waals surface area contributed by atoms with Gasteiger partial charge in [0.1, 0.15) is 12.2 Å². The van der Waals surface area contributed by atoms with Crippen molar-refractivity contribution >= 4 is 11.9 Å². The second-order valence-corrected chi connectivity index (χ2v) is 4.94. The number of carbonyl (C=O) groups is 2. The molecule has 1 aliphatic rings. The Bertz CT molecular complexity index is 461. The molecular weight excluding hydrogens is 244 g/mol. The van der Waals surface area contributed by atoms with Crippen molar-refractivity contribution in [3.63, 3.8) is 0 Å². The molecule has 0 radical (unpaired) electrons. The maximum absolute atomic E-state index is 12.5. The first-order chi connectivity index (χ1) is 9.13. The zero-order valence-corrected chi connectivity index (χ0v) is 11.2. The Kier molecular flexibility index (Phi) is 4.24. The molecule has 0 aromatic carbocycles. The number of hydrogen-bond donors (Lipinski definition) is 1. The van der Waals surface area contributed by atoms with E-state index in [1.165, 1.54) is 17.4 Å². The van der Waals surface area contributed by atoms with Crippen LogP contribution in [0.4, 0.5) is 0 Å². The van der Waals surface area contributed by atoms with Gasteiger partial charge in [-0.15, -0.1) is 0 Å². The molecule has 1 amide bonds. The lowest BCUT2D eigenvalue weighted by atomic mass is 10.2. The summed E-state index contributed by atoms with van der Waals surface area (Å²) in [5, 5.41) is 8.85. The van der Waals surface area contributed by atoms with E-state index in [0.717, 1.165) is 12.8 Å². The summed E-state index contributed by atoms with van der Waals surface area (Å²) in [7, 11) is 0. The molecule has 1 N–H and O–H groups in total. The molecule has 0 spiro atoms. The maximum atomic E-state index is 12.5. The minimum absolute atomic E-state index is 0.0550. The molecule has 1 aromatic heterocycles. The van der Waals surface area contributed by atoms with Gasteiger partial charge in [0.15, 0.2) is 0 Å². The van der Waals surface area contributed by atoms with Crippen LogP contribution in [0.5, 0.6) is 0 Å². The molecule has 104 valence electrons. The molecule has 1 fully saturated rings. The number of amides is 1. The zero-order valence-electron chi connectivity index (χ0n) is 11.2. The Morgan fingerprint density at radius 1 is 1.42 bits per heavy atom. The van der Waals surface area contributed by atoms with Gasteiger partial charge in [-0.05, 0) is 31.9 Å². The van der Waals surface area contributed by atoms with E-state index >= 15 is 0 Å². The van der Waals surface area contributed by atoms with Gasteiger partial charge in [-0.25, -0.2) is 0 Å². The van der Waals surface area contributed by atoms with E-state index < -0.39 is 5.97 Å². The van der Waals surface area contributed by atoms with Crippen LogP contribution in [-0.4, -0.2) is 39.0 Å². The molecule has 0 aliphatic heterocycles. The summed E-state index contributed by atoms with van der Waals surface area (Å²) in [5.41, 5.74) is 0.469. The highest BCUT2D eigenvalue weighted by Crippen LogP contribution is 2.24. The van der Waals surface area contributed by atoms with Gasteiger partial charge < -0.3 is 14.6 Å². The second-order valence-electron chi connectivity index (χ2n) is 4.94. The predicted molar refractivity (Wildman–Crippen MR) is 71.0 cm³/mol. The van der Waals surface area contributed by atoms with Crippen LogP contribution in [0.3, 0.4) is 0 Å². The first-order valence-electron chi connectivity index (χ1n) is 6.81. The predicted octanol–water partition coefficient (Wildman–Crippen LogP) is 1.98. The number of carboxylic acid groups (broad SMARTS) is 1. The Morgan fingerprint density at radius 2 is 2.11 bits per heavy atom. The third-order valence-electron chi connectivity index (χ3n) is 3.72. The monoisotopic (exact) mass is 264 g/mol. The summed E-state index contributed by atoms with van der Waals surface area (Å²) in [6.45, 7) is 2.47. The number of carboxylic acids is 1. The Hall–Kier alpha value is -1.78. The van der Waals surface area contributed by atoms with E-state index in [0.29, 0.717) is 18.3 Å². The number of carbonyl (C=O) groups excluding carboxylic acids is 1. The lowest BCUT2D eigenvalue weighted by Gasteiger charge is -2.28. The molecule has 5 nitrogen and oxygen atoms in total. The molecule has 1 heterocycles. The van der Waals surface area contributed by atoms with Crippen LogP contribution in [0, 0.1) is 0 Å². The van der Waals surface area contributed by atoms with E-state index in [1.54, 1.807) is 18.3 Å². The van der Waals surface area contributed by atoms with Gasteiger partial charge in [0.2, 0.25) is 0 Å². The smallest absolute Gasteiger partial charge is 0.323 e. The maximum Gasteiger partial charge on any atom is 0.323 e. The fourth-order valence-electron chi connectivity index (χ4n) is 2.82. The van der Waals surface area contributed by atoms with Gasteiger partial charge in [0, 0.05) is 18.8 Å². The number of rotatable bonds is 5. The van der Waals surface area contributed by atoms with E-state index in [-0.39, 0.29) is 12.5 Å². The van der Waals surface area contributed by atoms with Crippen LogP contribution in [-0.2, 0) is 11.3 Å². The van der Waals surface area contributed by atoms with E-state index in [9.17, 15) is 9.59 Å². The van der Waals surface area contributed by atoms with Crippen LogP contribution in [0.2, 0.25) is 0 Å². The Morgan fingerprint density at radius 3 is 2.68 bits per heavy atom. The largest absolute Gasteiger partial charge is 0.480 e. The van der Waals surface area contributed by atoms with Gasteiger partial charge >= 0.3 is 5.97 Å². The van der Waals surface area contributed by atoms with Crippen LogP contribution in [0.15, 0.2) is 18.3 Å². The van der Waals surface area contributed by atoms with Crippen molar-refractivity contribution in [3.8, 4) is 0 Å². The van der Waals surface area contributed by atoms with Crippen molar-refractivity contribution in [3.05, 3.63) is 24.0 Å². The third-order valence-corrected chi connectivity index (χ3v) is 3.72. The number of nitrogens with zero attached hydrogens (tertiary/aromatic N) is 2. The molecule has 1 aromatic rings. The standard InChI is InChI=1S/C14H20N2O3/c1-2-16(11-6-3-4-7-11)14(19)12-8-5-9-15(12)10-13(17)18/h5,8-9,11H,2-4,6-7,10H2,1H3,(H,17,18). The topological polar surface area (TPSA) is 62.5 Å². The van der Waals surface area contributed by atoms with Gasteiger partial charge in [0.05, 0.1) is 0 Å². The first kappa shape index (κ1) is 13.6. The van der Waals surface area contributed by atoms with Gasteiger partial charge in [-0.2, -0.15) is 0 Å². The van der Waals surface area contributed by atoms with Gasteiger partial charge in [-0.1, -0.05) is 12.8 Å². The first-order valence-corrected chi connectivity index (χ1v) is 6.81. The fourth-order valence-corrected chi connectivity index (χ4v) is 2.82. The summed E-state index contributed by atoms with van der Waals surface area (Å²) < 4.78 is 1.50. The zero-order chi connectivity index (χ0) is 13.8. The SMILES string of the molecule is CCN(C(=O)c1cccn1CC(=O)O)C1CCCC1. The molecule has 1 aliphatic carbocycles. The molecule has 5 heteroatoms. The lowest BCUT2D eigenvalue weighted by molar-refractivity contribution is -0.137. The molecule has 0 unspecified atom stereocenters. The van der Waals surface area contributed by atoms with Crippen molar-refractivity contribution in [1.29, 1.82) is 0 Å². The van der Waals surface area contributed by atoms with Gasteiger partial charge in [0.25, 0.3) is 5.91 Å². The molecule has 0 atom stereocenters.